The van der Waals surface area contributed by atoms with Crippen molar-refractivity contribution in [1.82, 2.24) is 9.97 Å². The molecule has 28 heavy (non-hydrogen) atoms. The molecule has 1 aliphatic heterocycles. The predicted molar refractivity (Wildman–Crippen MR) is 108 cm³/mol. The summed E-state index contributed by atoms with van der Waals surface area (Å²) in [6.07, 6.45) is 3.31. The van der Waals surface area contributed by atoms with Crippen LogP contribution in [0, 0.1) is 19.8 Å². The number of benzene rings is 1. The molecule has 0 saturated carbocycles. The van der Waals surface area contributed by atoms with E-state index in [0.29, 0.717) is 12.3 Å². The van der Waals surface area contributed by atoms with Gasteiger partial charge in [0.2, 0.25) is 11.6 Å². The van der Waals surface area contributed by atoms with Crippen molar-refractivity contribution in [3.8, 4) is 5.75 Å². The van der Waals surface area contributed by atoms with Crippen molar-refractivity contribution in [3.05, 3.63) is 41.9 Å². The monoisotopic (exact) mass is 380 g/mol. The van der Waals surface area contributed by atoms with E-state index < -0.39 is 0 Å². The number of fused-ring (bicyclic) bond motifs is 1. The van der Waals surface area contributed by atoms with Gasteiger partial charge in [-0.15, -0.1) is 0 Å². The molecule has 1 aliphatic rings. The molecule has 1 N–H and O–H groups in total. The molecule has 1 fully saturated rings. The zero-order chi connectivity index (χ0) is 19.7. The van der Waals surface area contributed by atoms with Gasteiger partial charge in [0.15, 0.2) is 0 Å². The Bertz CT molecular complexity index is 1010. The summed E-state index contributed by atoms with van der Waals surface area (Å²) in [5.74, 6) is 2.32. The molecule has 0 spiro atoms. The van der Waals surface area contributed by atoms with Crippen molar-refractivity contribution >= 4 is 28.5 Å². The van der Waals surface area contributed by atoms with Gasteiger partial charge in [-0.1, -0.05) is 6.07 Å². The molecule has 1 saturated heterocycles. The lowest BCUT2D eigenvalue weighted by atomic mass is 9.96. The minimum atomic E-state index is -0.113. The van der Waals surface area contributed by atoms with Crippen LogP contribution in [-0.2, 0) is 4.79 Å². The van der Waals surface area contributed by atoms with Gasteiger partial charge < -0.3 is 19.4 Å². The summed E-state index contributed by atoms with van der Waals surface area (Å²) in [6, 6.07) is 7.41. The molecule has 7 heteroatoms. The summed E-state index contributed by atoms with van der Waals surface area (Å²) in [5.41, 5.74) is 2.39. The van der Waals surface area contributed by atoms with E-state index in [1.807, 2.05) is 38.1 Å². The van der Waals surface area contributed by atoms with E-state index in [0.717, 1.165) is 53.4 Å². The number of anilines is 2. The molecule has 1 aromatic carbocycles. The highest BCUT2D eigenvalue weighted by molar-refractivity contribution is 5.94. The maximum atomic E-state index is 12.8. The summed E-state index contributed by atoms with van der Waals surface area (Å²) in [6.45, 7) is 5.43. The number of carbonyl (C=O) groups is 1. The van der Waals surface area contributed by atoms with Crippen LogP contribution >= 0.6 is 0 Å². The molecular weight excluding hydrogens is 356 g/mol. The van der Waals surface area contributed by atoms with Gasteiger partial charge in [-0.2, -0.15) is 0 Å². The van der Waals surface area contributed by atoms with Crippen LogP contribution in [0.15, 0.2) is 35.0 Å². The molecular formula is C21H24N4O3. The molecule has 3 heterocycles. The molecule has 146 valence electrons. The van der Waals surface area contributed by atoms with Gasteiger partial charge in [0.05, 0.1) is 18.4 Å². The van der Waals surface area contributed by atoms with Crippen molar-refractivity contribution in [3.63, 3.8) is 0 Å². The predicted octanol–water partition coefficient (Wildman–Crippen LogP) is 3.70. The molecule has 0 unspecified atom stereocenters. The van der Waals surface area contributed by atoms with Gasteiger partial charge in [0.1, 0.15) is 23.7 Å². The quantitative estimate of drug-likeness (QED) is 0.743. The van der Waals surface area contributed by atoms with E-state index in [9.17, 15) is 4.79 Å². The highest BCUT2D eigenvalue weighted by Crippen LogP contribution is 2.33. The highest BCUT2D eigenvalue weighted by atomic mass is 16.5. The minimum Gasteiger partial charge on any atom is -0.497 e. The van der Waals surface area contributed by atoms with Gasteiger partial charge in [-0.25, -0.2) is 9.97 Å². The second-order valence-electron chi connectivity index (χ2n) is 7.17. The zero-order valence-electron chi connectivity index (χ0n) is 16.4. The summed E-state index contributed by atoms with van der Waals surface area (Å²) in [4.78, 5) is 23.8. The number of hydrogen-bond donors (Lipinski definition) is 1. The van der Waals surface area contributed by atoms with Crippen LogP contribution in [0.4, 0.5) is 11.5 Å². The Morgan fingerprint density at radius 3 is 3.00 bits per heavy atom. The van der Waals surface area contributed by atoms with Crippen molar-refractivity contribution in [2.75, 3.05) is 30.4 Å². The number of methoxy groups -OCH3 is 1. The van der Waals surface area contributed by atoms with Gasteiger partial charge in [-0.3, -0.25) is 4.79 Å². The normalized spacial score (nSPS) is 17.0. The van der Waals surface area contributed by atoms with Crippen LogP contribution in [0.1, 0.15) is 24.2 Å². The number of furan rings is 1. The number of nitrogens with zero attached hydrogens (tertiary/aromatic N) is 3. The Hall–Kier alpha value is -3.09. The Labute approximate surface area is 163 Å². The molecule has 4 rings (SSSR count). The largest absolute Gasteiger partial charge is 0.497 e. The molecule has 1 atom stereocenters. The lowest BCUT2D eigenvalue weighted by Crippen LogP contribution is -2.41. The topological polar surface area (TPSA) is 80.5 Å². The number of piperidine rings is 1. The molecule has 0 aliphatic carbocycles. The smallest absolute Gasteiger partial charge is 0.231 e. The van der Waals surface area contributed by atoms with Crippen LogP contribution in [0.25, 0.3) is 11.1 Å². The average molecular weight is 380 g/mol. The number of aromatic nitrogens is 2. The Morgan fingerprint density at radius 1 is 1.32 bits per heavy atom. The maximum Gasteiger partial charge on any atom is 0.231 e. The molecule has 2 aromatic heterocycles. The number of carbonyl (C=O) groups excluding carboxylic acids is 1. The van der Waals surface area contributed by atoms with E-state index in [1.54, 1.807) is 7.11 Å². The average Bonchev–Trinajstić information content (AvgIpc) is 3.02. The second kappa shape index (κ2) is 7.50. The summed E-state index contributed by atoms with van der Waals surface area (Å²) in [5, 5.41) is 3.95. The maximum absolute atomic E-state index is 12.8. The third kappa shape index (κ3) is 3.40. The fourth-order valence-electron chi connectivity index (χ4n) is 3.73. The van der Waals surface area contributed by atoms with Crippen LogP contribution in [0.5, 0.6) is 5.75 Å². The molecule has 3 aromatic rings. The van der Waals surface area contributed by atoms with Crippen molar-refractivity contribution in [2.45, 2.75) is 26.7 Å². The van der Waals surface area contributed by atoms with E-state index in [2.05, 4.69) is 20.2 Å². The third-order valence-electron chi connectivity index (χ3n) is 5.37. The Kier molecular flexibility index (Phi) is 4.90. The number of aryl methyl sites for hydroxylation is 2. The summed E-state index contributed by atoms with van der Waals surface area (Å²) >= 11 is 0. The molecule has 7 nitrogen and oxygen atoms in total. The molecule has 0 bridgehead atoms. The second-order valence-corrected chi connectivity index (χ2v) is 7.17. The van der Waals surface area contributed by atoms with E-state index in [4.69, 9.17) is 9.15 Å². The fraction of sp³-hybridized carbons (Fsp3) is 0.381. The number of ether oxygens (including phenoxy) is 1. The highest BCUT2D eigenvalue weighted by Gasteiger charge is 2.28. The van der Waals surface area contributed by atoms with Crippen molar-refractivity contribution in [1.29, 1.82) is 0 Å². The van der Waals surface area contributed by atoms with Crippen LogP contribution in [-0.4, -0.2) is 36.1 Å². The van der Waals surface area contributed by atoms with Crippen LogP contribution in [0.3, 0.4) is 0 Å². The summed E-state index contributed by atoms with van der Waals surface area (Å²) in [7, 11) is 1.61. The Balaban J connectivity index is 1.54. The summed E-state index contributed by atoms with van der Waals surface area (Å²) < 4.78 is 11.0. The lowest BCUT2D eigenvalue weighted by molar-refractivity contribution is -0.120. The Morgan fingerprint density at radius 2 is 2.18 bits per heavy atom. The van der Waals surface area contributed by atoms with Gasteiger partial charge in [0, 0.05) is 30.4 Å². The van der Waals surface area contributed by atoms with Gasteiger partial charge in [0.25, 0.3) is 0 Å². The standard InChI is InChI=1S/C21H24N4O3/c1-13-14(2)28-21-18(13)19(22-12-23-21)25-9-5-6-15(11-25)20(26)24-16-7-4-8-17(10-16)27-3/h4,7-8,10,12,15H,5-6,9,11H2,1-3H3,(H,24,26)/t15-/m0/s1. The number of hydrogen-bond acceptors (Lipinski definition) is 6. The number of nitrogens with one attached hydrogen (secondary N) is 1. The number of amides is 1. The first-order chi connectivity index (χ1) is 13.6. The van der Waals surface area contributed by atoms with Crippen molar-refractivity contribution in [2.24, 2.45) is 5.92 Å². The lowest BCUT2D eigenvalue weighted by Gasteiger charge is -2.33. The first-order valence-electron chi connectivity index (χ1n) is 9.47. The number of rotatable bonds is 4. The van der Waals surface area contributed by atoms with E-state index >= 15 is 0 Å². The SMILES string of the molecule is COc1cccc(NC(=O)[C@H]2CCCN(c3ncnc4oc(C)c(C)c34)C2)c1. The van der Waals surface area contributed by atoms with Gasteiger partial charge in [-0.05, 0) is 38.8 Å². The fourth-order valence-corrected chi connectivity index (χ4v) is 3.73. The zero-order valence-corrected chi connectivity index (χ0v) is 16.4. The van der Waals surface area contributed by atoms with E-state index in [-0.39, 0.29) is 11.8 Å². The first-order valence-corrected chi connectivity index (χ1v) is 9.47. The molecule has 1 amide bonds. The van der Waals surface area contributed by atoms with Crippen LogP contribution < -0.4 is 15.0 Å². The minimum absolute atomic E-state index is 0.0170. The van der Waals surface area contributed by atoms with E-state index in [1.165, 1.54) is 6.33 Å². The first kappa shape index (κ1) is 18.3. The van der Waals surface area contributed by atoms with Crippen molar-refractivity contribution < 1.29 is 13.9 Å². The molecule has 0 radical (unpaired) electrons. The third-order valence-corrected chi connectivity index (χ3v) is 5.37. The van der Waals surface area contributed by atoms with Crippen LogP contribution in [0.2, 0.25) is 0 Å². The van der Waals surface area contributed by atoms with Gasteiger partial charge >= 0.3 is 0 Å².